The SMILES string of the molecule is c1ccc(C2CCCCN2c2ccccc2)cc1. The van der Waals surface area contributed by atoms with Crippen molar-refractivity contribution in [3.63, 3.8) is 0 Å². The zero-order valence-corrected chi connectivity index (χ0v) is 10.6. The van der Waals surface area contributed by atoms with Crippen LogP contribution in [0, 0.1) is 0 Å². The average Bonchev–Trinajstić information content (AvgIpc) is 2.49. The zero-order chi connectivity index (χ0) is 12.2. The molecule has 1 nitrogen and oxygen atoms in total. The molecule has 3 rings (SSSR count). The van der Waals surface area contributed by atoms with Crippen molar-refractivity contribution in [3.05, 3.63) is 66.2 Å². The topological polar surface area (TPSA) is 3.24 Å². The van der Waals surface area contributed by atoms with Gasteiger partial charge >= 0.3 is 0 Å². The van der Waals surface area contributed by atoms with Gasteiger partial charge in [0.25, 0.3) is 0 Å². The predicted octanol–water partition coefficient (Wildman–Crippen LogP) is 4.42. The van der Waals surface area contributed by atoms with Gasteiger partial charge in [0.1, 0.15) is 0 Å². The summed E-state index contributed by atoms with van der Waals surface area (Å²) < 4.78 is 0. The van der Waals surface area contributed by atoms with Crippen LogP contribution in [-0.4, -0.2) is 6.54 Å². The van der Waals surface area contributed by atoms with Crippen molar-refractivity contribution < 1.29 is 0 Å². The van der Waals surface area contributed by atoms with Crippen LogP contribution in [0.3, 0.4) is 0 Å². The van der Waals surface area contributed by atoms with Gasteiger partial charge in [-0.05, 0) is 37.0 Å². The Morgan fingerprint density at radius 1 is 0.778 bits per heavy atom. The standard InChI is InChI=1S/C17H19N/c1-3-9-15(10-4-1)17-13-7-8-14-18(17)16-11-5-2-6-12-16/h1-6,9-12,17H,7-8,13-14H2. The Kier molecular flexibility index (Phi) is 3.31. The summed E-state index contributed by atoms with van der Waals surface area (Å²) in [4.78, 5) is 2.55. The number of anilines is 1. The molecule has 92 valence electrons. The molecular formula is C17H19N. The smallest absolute Gasteiger partial charge is 0.0542 e. The number of para-hydroxylation sites is 1. The third-order valence-electron chi connectivity index (χ3n) is 3.77. The van der Waals surface area contributed by atoms with Crippen LogP contribution in [0.2, 0.25) is 0 Å². The Balaban J connectivity index is 1.92. The van der Waals surface area contributed by atoms with Gasteiger partial charge in [0.05, 0.1) is 6.04 Å². The fourth-order valence-electron chi connectivity index (χ4n) is 2.88. The third-order valence-corrected chi connectivity index (χ3v) is 3.77. The Bertz CT molecular complexity index is 430. The largest absolute Gasteiger partial charge is 0.364 e. The maximum atomic E-state index is 2.55. The second-order valence-corrected chi connectivity index (χ2v) is 4.95. The van der Waals surface area contributed by atoms with Crippen molar-refractivity contribution in [1.29, 1.82) is 0 Å². The molecule has 0 radical (unpaired) electrons. The molecular weight excluding hydrogens is 218 g/mol. The second-order valence-electron chi connectivity index (χ2n) is 4.95. The summed E-state index contributed by atoms with van der Waals surface area (Å²) in [6.07, 6.45) is 3.90. The number of hydrogen-bond donors (Lipinski definition) is 0. The minimum absolute atomic E-state index is 0.544. The van der Waals surface area contributed by atoms with E-state index in [9.17, 15) is 0 Å². The van der Waals surface area contributed by atoms with Crippen LogP contribution in [0.4, 0.5) is 5.69 Å². The Labute approximate surface area is 109 Å². The third kappa shape index (κ3) is 2.26. The highest BCUT2D eigenvalue weighted by Crippen LogP contribution is 2.34. The van der Waals surface area contributed by atoms with Crippen molar-refractivity contribution >= 4 is 5.69 Å². The normalized spacial score (nSPS) is 19.8. The quantitative estimate of drug-likeness (QED) is 0.747. The van der Waals surface area contributed by atoms with Gasteiger partial charge in [-0.1, -0.05) is 48.5 Å². The molecule has 0 N–H and O–H groups in total. The van der Waals surface area contributed by atoms with Crippen LogP contribution in [0.15, 0.2) is 60.7 Å². The number of nitrogens with zero attached hydrogens (tertiary/aromatic N) is 1. The number of piperidine rings is 1. The van der Waals surface area contributed by atoms with Crippen molar-refractivity contribution in [2.24, 2.45) is 0 Å². The molecule has 1 aliphatic heterocycles. The van der Waals surface area contributed by atoms with Gasteiger partial charge in [-0.3, -0.25) is 0 Å². The van der Waals surface area contributed by atoms with E-state index >= 15 is 0 Å². The van der Waals surface area contributed by atoms with E-state index < -0.39 is 0 Å². The molecule has 0 amide bonds. The van der Waals surface area contributed by atoms with Crippen LogP contribution in [0.1, 0.15) is 30.9 Å². The van der Waals surface area contributed by atoms with E-state index in [2.05, 4.69) is 65.6 Å². The van der Waals surface area contributed by atoms with Crippen LogP contribution in [0.25, 0.3) is 0 Å². The van der Waals surface area contributed by atoms with E-state index in [0.29, 0.717) is 6.04 Å². The number of hydrogen-bond acceptors (Lipinski definition) is 1. The Morgan fingerprint density at radius 2 is 1.44 bits per heavy atom. The lowest BCUT2D eigenvalue weighted by molar-refractivity contribution is 0.473. The first-order valence-corrected chi connectivity index (χ1v) is 6.82. The fraction of sp³-hybridized carbons (Fsp3) is 0.294. The Morgan fingerprint density at radius 3 is 2.17 bits per heavy atom. The molecule has 18 heavy (non-hydrogen) atoms. The first-order valence-electron chi connectivity index (χ1n) is 6.82. The first-order chi connectivity index (χ1) is 8.95. The lowest BCUT2D eigenvalue weighted by Gasteiger charge is -2.38. The molecule has 1 heteroatoms. The highest BCUT2D eigenvalue weighted by atomic mass is 15.2. The van der Waals surface area contributed by atoms with Gasteiger partial charge in [-0.2, -0.15) is 0 Å². The molecule has 1 fully saturated rings. The van der Waals surface area contributed by atoms with Crippen LogP contribution in [-0.2, 0) is 0 Å². The summed E-state index contributed by atoms with van der Waals surface area (Å²) in [6, 6.07) is 22.2. The molecule has 1 heterocycles. The summed E-state index contributed by atoms with van der Waals surface area (Å²) in [6.45, 7) is 1.17. The summed E-state index contributed by atoms with van der Waals surface area (Å²) in [5.41, 5.74) is 2.80. The maximum absolute atomic E-state index is 2.55. The molecule has 1 saturated heterocycles. The van der Waals surface area contributed by atoms with Crippen molar-refractivity contribution in [3.8, 4) is 0 Å². The summed E-state index contributed by atoms with van der Waals surface area (Å²) in [5.74, 6) is 0. The van der Waals surface area contributed by atoms with E-state index in [1.165, 1.54) is 37.1 Å². The monoisotopic (exact) mass is 237 g/mol. The van der Waals surface area contributed by atoms with E-state index in [4.69, 9.17) is 0 Å². The molecule has 0 bridgehead atoms. The molecule has 0 aliphatic carbocycles. The van der Waals surface area contributed by atoms with E-state index in [-0.39, 0.29) is 0 Å². The highest BCUT2D eigenvalue weighted by molar-refractivity contribution is 5.49. The summed E-state index contributed by atoms with van der Waals surface area (Å²) >= 11 is 0. The van der Waals surface area contributed by atoms with Crippen LogP contribution >= 0.6 is 0 Å². The lowest BCUT2D eigenvalue weighted by Crippen LogP contribution is -2.33. The lowest BCUT2D eigenvalue weighted by atomic mass is 9.94. The predicted molar refractivity (Wildman–Crippen MR) is 76.8 cm³/mol. The molecule has 0 spiro atoms. The molecule has 2 aromatic rings. The molecule has 0 saturated carbocycles. The van der Waals surface area contributed by atoms with E-state index in [0.717, 1.165) is 0 Å². The van der Waals surface area contributed by atoms with Gasteiger partial charge in [0.2, 0.25) is 0 Å². The van der Waals surface area contributed by atoms with E-state index in [1.54, 1.807) is 0 Å². The molecule has 0 aromatic heterocycles. The summed E-state index contributed by atoms with van der Waals surface area (Å²) in [7, 11) is 0. The minimum atomic E-state index is 0.544. The molecule has 2 aromatic carbocycles. The zero-order valence-electron chi connectivity index (χ0n) is 10.6. The average molecular weight is 237 g/mol. The maximum Gasteiger partial charge on any atom is 0.0542 e. The van der Waals surface area contributed by atoms with Gasteiger partial charge in [-0.15, -0.1) is 0 Å². The van der Waals surface area contributed by atoms with Gasteiger partial charge in [0.15, 0.2) is 0 Å². The van der Waals surface area contributed by atoms with Crippen LogP contribution in [0.5, 0.6) is 0 Å². The van der Waals surface area contributed by atoms with Crippen molar-refractivity contribution in [2.75, 3.05) is 11.4 Å². The van der Waals surface area contributed by atoms with Gasteiger partial charge in [0, 0.05) is 12.2 Å². The highest BCUT2D eigenvalue weighted by Gasteiger charge is 2.23. The Hall–Kier alpha value is -1.76. The second kappa shape index (κ2) is 5.26. The summed E-state index contributed by atoms with van der Waals surface area (Å²) in [5, 5.41) is 0. The van der Waals surface area contributed by atoms with Crippen molar-refractivity contribution in [1.82, 2.24) is 0 Å². The number of rotatable bonds is 2. The van der Waals surface area contributed by atoms with E-state index in [1.807, 2.05) is 0 Å². The molecule has 1 atom stereocenters. The van der Waals surface area contributed by atoms with Crippen LogP contribution < -0.4 is 4.90 Å². The van der Waals surface area contributed by atoms with Gasteiger partial charge in [-0.25, -0.2) is 0 Å². The molecule has 1 aliphatic rings. The molecule has 1 unspecified atom stereocenters. The number of benzene rings is 2. The van der Waals surface area contributed by atoms with Gasteiger partial charge < -0.3 is 4.90 Å². The first kappa shape index (κ1) is 11.3. The van der Waals surface area contributed by atoms with Crippen molar-refractivity contribution in [2.45, 2.75) is 25.3 Å². The fourth-order valence-corrected chi connectivity index (χ4v) is 2.88. The minimum Gasteiger partial charge on any atom is -0.364 e.